The minimum atomic E-state index is -5.15. The van der Waals surface area contributed by atoms with Gasteiger partial charge in [-0.25, -0.2) is 0 Å². The maximum absolute atomic E-state index is 12.6. The highest BCUT2D eigenvalue weighted by molar-refractivity contribution is 5.57. The molecule has 0 spiro atoms. The lowest BCUT2D eigenvalue weighted by Gasteiger charge is -2.08. The van der Waals surface area contributed by atoms with Crippen LogP contribution in [0.1, 0.15) is 11.1 Å². The van der Waals surface area contributed by atoms with Crippen LogP contribution in [-0.4, -0.2) is 9.85 Å². The molecule has 1 aromatic carbocycles. The van der Waals surface area contributed by atoms with Crippen molar-refractivity contribution in [2.75, 3.05) is 0 Å². The summed E-state index contributed by atoms with van der Waals surface area (Å²) in [5.74, 6) is 0. The van der Waals surface area contributed by atoms with E-state index in [9.17, 15) is 33.4 Å². The van der Waals surface area contributed by atoms with Crippen molar-refractivity contribution < 1.29 is 23.0 Å². The van der Waals surface area contributed by atoms with E-state index in [2.05, 4.69) is 0 Å². The monoisotopic (exact) mass is 250 g/mol. The number of halogens is 3. The molecule has 0 radical (unpaired) electrons. The highest BCUT2D eigenvalue weighted by Crippen LogP contribution is 2.42. The minimum Gasteiger partial charge on any atom is -0.258 e. The van der Waals surface area contributed by atoms with E-state index in [0.717, 1.165) is 0 Å². The van der Waals surface area contributed by atoms with Crippen LogP contribution in [0.5, 0.6) is 0 Å². The molecule has 17 heavy (non-hydrogen) atoms. The van der Waals surface area contributed by atoms with Gasteiger partial charge in [0.15, 0.2) is 0 Å². The summed E-state index contributed by atoms with van der Waals surface area (Å²) in [4.78, 5) is 18.4. The first-order valence-corrected chi connectivity index (χ1v) is 4.15. The second-order valence-corrected chi connectivity index (χ2v) is 3.19. The van der Waals surface area contributed by atoms with Gasteiger partial charge in [0.1, 0.15) is 0 Å². The van der Waals surface area contributed by atoms with Gasteiger partial charge in [0.25, 0.3) is 11.4 Å². The van der Waals surface area contributed by atoms with E-state index in [1.54, 1.807) is 0 Å². The Morgan fingerprint density at radius 3 is 1.65 bits per heavy atom. The molecule has 0 saturated heterocycles. The number of alkyl halides is 3. The smallest absolute Gasteiger partial charge is 0.258 e. The Balaban J connectivity index is 3.72. The van der Waals surface area contributed by atoms with Crippen molar-refractivity contribution in [3.05, 3.63) is 43.5 Å². The number of nitro benzene ring substituents is 2. The van der Waals surface area contributed by atoms with Crippen LogP contribution in [0.2, 0.25) is 0 Å². The maximum atomic E-state index is 12.6. The molecule has 0 N–H and O–H groups in total. The Morgan fingerprint density at radius 2 is 1.41 bits per heavy atom. The van der Waals surface area contributed by atoms with E-state index in [0.29, 0.717) is 12.1 Å². The average Bonchev–Trinajstić information content (AvgIpc) is 2.14. The molecule has 0 aliphatic carbocycles. The number of nitro groups is 2. The van der Waals surface area contributed by atoms with Crippen molar-refractivity contribution in [1.82, 2.24) is 0 Å². The summed E-state index contributed by atoms with van der Waals surface area (Å²) in [6.07, 6.45) is -5.15. The van der Waals surface area contributed by atoms with Crippen LogP contribution in [-0.2, 0) is 6.18 Å². The molecule has 0 unspecified atom stereocenters. The Morgan fingerprint density at radius 1 is 1.06 bits per heavy atom. The second-order valence-electron chi connectivity index (χ2n) is 3.19. The number of benzene rings is 1. The summed E-state index contributed by atoms with van der Waals surface area (Å²) < 4.78 is 37.7. The minimum absolute atomic E-state index is 0.0106. The molecule has 6 nitrogen and oxygen atoms in total. The van der Waals surface area contributed by atoms with Crippen molar-refractivity contribution in [2.45, 2.75) is 13.1 Å². The first kappa shape index (κ1) is 12.9. The largest absolute Gasteiger partial charge is 0.429 e. The predicted molar refractivity (Wildman–Crippen MR) is 49.5 cm³/mol. The maximum Gasteiger partial charge on any atom is 0.429 e. The Kier molecular flexibility index (Phi) is 3.03. The van der Waals surface area contributed by atoms with E-state index in [-0.39, 0.29) is 5.56 Å². The van der Waals surface area contributed by atoms with Gasteiger partial charge >= 0.3 is 6.18 Å². The molecule has 0 heterocycles. The quantitative estimate of drug-likeness (QED) is 0.596. The molecule has 0 atom stereocenters. The molecule has 9 heteroatoms. The SMILES string of the molecule is Cc1cc([N+](=O)[O-])c(C(F)(F)F)c([N+](=O)[O-])c1. The number of aryl methyl sites for hydroxylation is 1. The topological polar surface area (TPSA) is 86.3 Å². The van der Waals surface area contributed by atoms with Crippen molar-refractivity contribution in [3.8, 4) is 0 Å². The third kappa shape index (κ3) is 2.49. The van der Waals surface area contributed by atoms with E-state index in [1.165, 1.54) is 6.92 Å². The second kappa shape index (κ2) is 4.00. The van der Waals surface area contributed by atoms with Crippen LogP contribution in [0.15, 0.2) is 12.1 Å². The molecule has 0 fully saturated rings. The molecule has 0 amide bonds. The van der Waals surface area contributed by atoms with Gasteiger partial charge in [-0.15, -0.1) is 0 Å². The Labute approximate surface area is 92.0 Å². The summed E-state index contributed by atoms with van der Waals surface area (Å²) in [6.45, 7) is 1.24. The fraction of sp³-hybridized carbons (Fsp3) is 0.250. The summed E-state index contributed by atoms with van der Waals surface area (Å²) in [7, 11) is 0. The number of hydrogen-bond donors (Lipinski definition) is 0. The molecule has 92 valence electrons. The highest BCUT2D eigenvalue weighted by Gasteiger charge is 2.45. The van der Waals surface area contributed by atoms with Gasteiger partial charge in [-0.3, -0.25) is 20.2 Å². The lowest BCUT2D eigenvalue weighted by atomic mass is 10.1. The van der Waals surface area contributed by atoms with Crippen LogP contribution in [0, 0.1) is 27.2 Å². The van der Waals surface area contributed by atoms with Crippen LogP contribution >= 0.6 is 0 Å². The molecule has 0 aliphatic rings. The van der Waals surface area contributed by atoms with Crippen molar-refractivity contribution in [2.24, 2.45) is 0 Å². The van der Waals surface area contributed by atoms with Crippen LogP contribution in [0.25, 0.3) is 0 Å². The predicted octanol–water partition coefficient (Wildman–Crippen LogP) is 2.83. The molecular weight excluding hydrogens is 245 g/mol. The van der Waals surface area contributed by atoms with E-state index in [1.807, 2.05) is 0 Å². The summed E-state index contributed by atoms with van der Waals surface area (Å²) in [5.41, 5.74) is -4.46. The standard InChI is InChI=1S/C8H5F3N2O4/c1-4-2-5(12(14)15)7(8(9,10)11)6(3-4)13(16)17/h2-3H,1H3. The molecular formula is C8H5F3N2O4. The van der Waals surface area contributed by atoms with Crippen LogP contribution in [0.3, 0.4) is 0 Å². The lowest BCUT2D eigenvalue weighted by Crippen LogP contribution is -2.12. The first-order valence-electron chi connectivity index (χ1n) is 4.15. The van der Waals surface area contributed by atoms with E-state index in [4.69, 9.17) is 0 Å². The Hall–Kier alpha value is -2.19. The summed E-state index contributed by atoms with van der Waals surface area (Å²) in [6, 6.07) is 1.30. The van der Waals surface area contributed by atoms with Gasteiger partial charge in [-0.2, -0.15) is 13.2 Å². The van der Waals surface area contributed by atoms with Crippen molar-refractivity contribution in [3.63, 3.8) is 0 Å². The first-order chi connectivity index (χ1) is 7.64. The Bertz CT molecular complexity index is 463. The molecule has 0 aromatic heterocycles. The zero-order valence-electron chi connectivity index (χ0n) is 8.32. The van der Waals surface area contributed by atoms with Gasteiger partial charge in [-0.05, 0) is 12.5 Å². The van der Waals surface area contributed by atoms with Gasteiger partial charge < -0.3 is 0 Å². The number of nitrogens with zero attached hydrogens (tertiary/aromatic N) is 2. The third-order valence-electron chi connectivity index (χ3n) is 1.92. The van der Waals surface area contributed by atoms with Gasteiger partial charge in [0.05, 0.1) is 9.85 Å². The molecule has 0 saturated carbocycles. The lowest BCUT2D eigenvalue weighted by molar-refractivity contribution is -0.400. The van der Waals surface area contributed by atoms with Gasteiger partial charge in [0.2, 0.25) is 5.56 Å². The third-order valence-corrected chi connectivity index (χ3v) is 1.92. The van der Waals surface area contributed by atoms with Crippen LogP contribution < -0.4 is 0 Å². The van der Waals surface area contributed by atoms with E-state index < -0.39 is 33.0 Å². The zero-order valence-corrected chi connectivity index (χ0v) is 8.32. The molecule has 1 aromatic rings. The average molecular weight is 250 g/mol. The fourth-order valence-corrected chi connectivity index (χ4v) is 1.33. The van der Waals surface area contributed by atoms with Crippen molar-refractivity contribution >= 4 is 11.4 Å². The summed E-state index contributed by atoms with van der Waals surface area (Å²) in [5, 5.41) is 21.0. The van der Waals surface area contributed by atoms with Gasteiger partial charge in [0, 0.05) is 12.1 Å². The normalized spacial score (nSPS) is 11.3. The number of rotatable bonds is 2. The van der Waals surface area contributed by atoms with Gasteiger partial charge in [-0.1, -0.05) is 0 Å². The molecule has 1 rings (SSSR count). The molecule has 0 bridgehead atoms. The zero-order chi connectivity index (χ0) is 13.4. The molecule has 0 aliphatic heterocycles. The fourth-order valence-electron chi connectivity index (χ4n) is 1.33. The van der Waals surface area contributed by atoms with Crippen molar-refractivity contribution in [1.29, 1.82) is 0 Å². The highest BCUT2D eigenvalue weighted by atomic mass is 19.4. The summed E-state index contributed by atoms with van der Waals surface area (Å²) >= 11 is 0. The number of hydrogen-bond acceptors (Lipinski definition) is 4. The van der Waals surface area contributed by atoms with Crippen LogP contribution in [0.4, 0.5) is 24.5 Å². The van der Waals surface area contributed by atoms with E-state index >= 15 is 0 Å².